The lowest BCUT2D eigenvalue weighted by atomic mass is 10.0. The van der Waals surface area contributed by atoms with Gasteiger partial charge in [-0.15, -0.1) is 11.3 Å². The molecule has 0 aromatic carbocycles. The van der Waals surface area contributed by atoms with Crippen LogP contribution in [0.25, 0.3) is 33.2 Å². The van der Waals surface area contributed by atoms with Gasteiger partial charge in [-0.1, -0.05) is 52.4 Å². The van der Waals surface area contributed by atoms with Crippen LogP contribution in [0.4, 0.5) is 26.3 Å². The number of rotatable bonds is 13. The van der Waals surface area contributed by atoms with Crippen LogP contribution in [0, 0.1) is 0 Å². The van der Waals surface area contributed by atoms with Crippen molar-refractivity contribution in [3.05, 3.63) is 52.2 Å². The van der Waals surface area contributed by atoms with Crippen LogP contribution in [-0.2, 0) is 25.2 Å². The third-order valence-corrected chi connectivity index (χ3v) is 8.10. The molecule has 0 atom stereocenters. The maximum Gasteiger partial charge on any atom is 0.432 e. The highest BCUT2D eigenvalue weighted by molar-refractivity contribution is 7.15. The predicted molar refractivity (Wildman–Crippen MR) is 148 cm³/mol. The summed E-state index contributed by atoms with van der Waals surface area (Å²) >= 11 is 1.62. The molecule has 5 nitrogen and oxygen atoms in total. The number of nitrogens with one attached hydrogen (secondary N) is 2. The van der Waals surface area contributed by atoms with E-state index in [1.807, 2.05) is 10.2 Å². The number of H-pyrrole nitrogens is 2. The molecular weight excluding hydrogens is 564 g/mol. The number of aryl methyl sites for hydroxylation is 2. The van der Waals surface area contributed by atoms with E-state index in [0.717, 1.165) is 86.8 Å². The summed E-state index contributed by atoms with van der Waals surface area (Å²) in [6, 6.07) is 7.20. The van der Waals surface area contributed by atoms with Gasteiger partial charge in [0.2, 0.25) is 0 Å². The van der Waals surface area contributed by atoms with Gasteiger partial charge in [0.25, 0.3) is 0 Å². The fraction of sp³-hybridized carbons (Fsp3) is 0.483. The van der Waals surface area contributed by atoms with Crippen LogP contribution in [0.1, 0.15) is 87.0 Å². The van der Waals surface area contributed by atoms with Gasteiger partial charge in [0.1, 0.15) is 22.8 Å². The Morgan fingerprint density at radius 1 is 0.634 bits per heavy atom. The number of halogens is 6. The molecule has 4 aromatic rings. The fourth-order valence-corrected chi connectivity index (χ4v) is 5.87. The predicted octanol–water partition coefficient (Wildman–Crippen LogP) is 9.87. The molecule has 0 spiro atoms. The van der Waals surface area contributed by atoms with Crippen molar-refractivity contribution in [3.63, 3.8) is 0 Å². The number of hydrogen-bond donors (Lipinski definition) is 2. The summed E-state index contributed by atoms with van der Waals surface area (Å²) in [6.07, 6.45) is 1.22. The molecular formula is C29H33F6N5S. The maximum absolute atomic E-state index is 13.3. The molecule has 0 bridgehead atoms. The Morgan fingerprint density at radius 3 is 1.61 bits per heavy atom. The molecule has 2 N–H and O–H groups in total. The Kier molecular flexibility index (Phi) is 9.93. The van der Waals surface area contributed by atoms with Gasteiger partial charge >= 0.3 is 12.4 Å². The molecule has 41 heavy (non-hydrogen) atoms. The van der Waals surface area contributed by atoms with E-state index in [1.54, 1.807) is 23.5 Å². The number of unbranched alkanes of at least 4 members (excludes halogenated alkanes) is 6. The molecule has 4 rings (SSSR count). The largest absolute Gasteiger partial charge is 0.432 e. The molecule has 0 fully saturated rings. The van der Waals surface area contributed by atoms with Crippen LogP contribution in [-0.4, -0.2) is 25.4 Å². The van der Waals surface area contributed by atoms with Crippen molar-refractivity contribution < 1.29 is 26.3 Å². The van der Waals surface area contributed by atoms with Crippen molar-refractivity contribution in [3.8, 4) is 33.2 Å². The minimum atomic E-state index is -4.64. The van der Waals surface area contributed by atoms with Gasteiger partial charge in [0.15, 0.2) is 0 Å². The van der Waals surface area contributed by atoms with Crippen molar-refractivity contribution in [1.29, 1.82) is 0 Å². The molecule has 0 radical (unpaired) electrons. The standard InChI is InChI=1S/C29H33F6N5S/c1-3-5-7-9-11-18-13-20(12-10-8-6-4-2)41-27(18)19-14-21(23-16-25(39-37-23)28(30,31)32)36-22(15-19)24-17-26(40-38-24)29(33,34)35/h13-17H,3-12H2,1-2H3,(H,37,39)(H,38,40). The lowest BCUT2D eigenvalue weighted by molar-refractivity contribution is -0.142. The number of aromatic amines is 2. The highest BCUT2D eigenvalue weighted by Crippen LogP contribution is 2.39. The van der Waals surface area contributed by atoms with Crippen LogP contribution < -0.4 is 0 Å². The highest BCUT2D eigenvalue weighted by Gasteiger charge is 2.34. The van der Waals surface area contributed by atoms with Gasteiger partial charge in [-0.25, -0.2) is 4.98 Å². The Balaban J connectivity index is 1.79. The molecule has 0 amide bonds. The van der Waals surface area contributed by atoms with E-state index in [9.17, 15) is 26.3 Å². The smallest absolute Gasteiger partial charge is 0.273 e. The molecule has 0 saturated heterocycles. The van der Waals surface area contributed by atoms with E-state index in [4.69, 9.17) is 0 Å². The quantitative estimate of drug-likeness (QED) is 0.119. The normalized spacial score (nSPS) is 12.4. The first-order valence-electron chi connectivity index (χ1n) is 13.9. The molecule has 0 unspecified atom stereocenters. The molecule has 0 saturated carbocycles. The van der Waals surface area contributed by atoms with E-state index >= 15 is 0 Å². The molecule has 0 aliphatic carbocycles. The van der Waals surface area contributed by atoms with Gasteiger partial charge in [-0.3, -0.25) is 10.2 Å². The summed E-state index contributed by atoms with van der Waals surface area (Å²) in [5.74, 6) is 0. The summed E-state index contributed by atoms with van der Waals surface area (Å²) in [5.41, 5.74) is -0.207. The number of thiophene rings is 1. The Labute approximate surface area is 238 Å². The molecule has 4 heterocycles. The zero-order chi connectivity index (χ0) is 29.6. The van der Waals surface area contributed by atoms with Crippen LogP contribution in [0.2, 0.25) is 0 Å². The average molecular weight is 598 g/mol. The minimum absolute atomic E-state index is 0.0622. The zero-order valence-electron chi connectivity index (χ0n) is 23.0. The van der Waals surface area contributed by atoms with Gasteiger partial charge in [0, 0.05) is 9.75 Å². The number of pyridine rings is 1. The van der Waals surface area contributed by atoms with Crippen LogP contribution >= 0.6 is 11.3 Å². The lowest BCUT2D eigenvalue weighted by Gasteiger charge is -2.08. The van der Waals surface area contributed by atoms with Gasteiger partial charge in [0.05, 0.1) is 11.4 Å². The average Bonchev–Trinajstić information content (AvgIpc) is 3.68. The first-order chi connectivity index (χ1) is 19.5. The van der Waals surface area contributed by atoms with E-state index in [-0.39, 0.29) is 22.8 Å². The van der Waals surface area contributed by atoms with E-state index in [0.29, 0.717) is 5.56 Å². The van der Waals surface area contributed by atoms with Crippen molar-refractivity contribution >= 4 is 11.3 Å². The molecule has 12 heteroatoms. The van der Waals surface area contributed by atoms with Gasteiger partial charge < -0.3 is 0 Å². The second-order valence-corrected chi connectivity index (χ2v) is 11.3. The molecule has 0 aliphatic heterocycles. The first-order valence-corrected chi connectivity index (χ1v) is 14.7. The topological polar surface area (TPSA) is 70.2 Å². The number of aromatic nitrogens is 5. The van der Waals surface area contributed by atoms with Crippen molar-refractivity contribution in [2.24, 2.45) is 0 Å². The third-order valence-electron chi connectivity index (χ3n) is 6.82. The van der Waals surface area contributed by atoms with E-state index < -0.39 is 23.7 Å². The molecule has 222 valence electrons. The van der Waals surface area contributed by atoms with Crippen molar-refractivity contribution in [2.45, 2.75) is 90.4 Å². The zero-order valence-corrected chi connectivity index (χ0v) is 23.8. The van der Waals surface area contributed by atoms with Gasteiger partial charge in [-0.2, -0.15) is 36.5 Å². The van der Waals surface area contributed by atoms with Crippen LogP contribution in [0.15, 0.2) is 30.3 Å². The molecule has 0 aliphatic rings. The Bertz CT molecular complexity index is 1350. The summed E-state index contributed by atoms with van der Waals surface area (Å²) in [6.45, 7) is 4.30. The second-order valence-electron chi connectivity index (χ2n) is 10.1. The van der Waals surface area contributed by atoms with Crippen LogP contribution in [0.5, 0.6) is 0 Å². The number of hydrogen-bond acceptors (Lipinski definition) is 4. The maximum atomic E-state index is 13.3. The first kappa shape index (κ1) is 30.8. The number of alkyl halides is 6. The summed E-state index contributed by atoms with van der Waals surface area (Å²) in [7, 11) is 0. The monoisotopic (exact) mass is 597 g/mol. The summed E-state index contributed by atoms with van der Waals surface area (Å²) < 4.78 is 79.7. The highest BCUT2D eigenvalue weighted by atomic mass is 32.1. The number of nitrogens with zero attached hydrogens (tertiary/aromatic N) is 3. The Morgan fingerprint density at radius 2 is 1.15 bits per heavy atom. The molecule has 4 aromatic heterocycles. The minimum Gasteiger partial charge on any atom is -0.273 e. The van der Waals surface area contributed by atoms with Crippen molar-refractivity contribution in [1.82, 2.24) is 25.4 Å². The van der Waals surface area contributed by atoms with E-state index in [1.165, 1.54) is 4.88 Å². The summed E-state index contributed by atoms with van der Waals surface area (Å²) in [4.78, 5) is 6.54. The lowest BCUT2D eigenvalue weighted by Crippen LogP contribution is -2.04. The van der Waals surface area contributed by atoms with E-state index in [2.05, 4.69) is 35.1 Å². The van der Waals surface area contributed by atoms with Crippen LogP contribution in [0.3, 0.4) is 0 Å². The third kappa shape index (κ3) is 7.99. The fourth-order valence-electron chi connectivity index (χ4n) is 4.63. The Hall–Kier alpha value is -3.15. The van der Waals surface area contributed by atoms with Crippen molar-refractivity contribution in [2.75, 3.05) is 0 Å². The summed E-state index contributed by atoms with van der Waals surface area (Å²) in [5, 5.41) is 11.6. The SMILES string of the molecule is CCCCCCc1cc(CCCCCC)c(-c2cc(-c3cc(C(F)(F)F)[nH]n3)nc(-c3cc(C(F)(F)F)[nH]n3)c2)s1. The van der Waals surface area contributed by atoms with Gasteiger partial charge in [-0.05, 0) is 67.1 Å². The second kappa shape index (κ2) is 13.2.